The molecule has 29 heavy (non-hydrogen) atoms. The molecule has 1 unspecified atom stereocenters. The molecule has 5 aromatic rings. The number of benzene rings is 2. The Balaban J connectivity index is 1.82. The third-order valence-corrected chi connectivity index (χ3v) is 5.10. The number of anilines is 1. The molecule has 0 saturated carbocycles. The van der Waals surface area contributed by atoms with Gasteiger partial charge in [0.15, 0.2) is 5.65 Å². The topological polar surface area (TPSA) is 99.8 Å². The molecule has 0 saturated heterocycles. The molecule has 0 radical (unpaired) electrons. The Morgan fingerprint density at radius 1 is 0.966 bits per heavy atom. The lowest BCUT2D eigenvalue weighted by molar-refractivity contribution is 0.405. The van der Waals surface area contributed by atoms with Gasteiger partial charge in [-0.05, 0) is 18.6 Å². The van der Waals surface area contributed by atoms with Gasteiger partial charge in [-0.2, -0.15) is 5.10 Å². The molecule has 7 nitrogen and oxygen atoms in total. The van der Waals surface area contributed by atoms with E-state index in [0.29, 0.717) is 28.0 Å². The molecule has 0 aliphatic heterocycles. The first-order valence-corrected chi connectivity index (χ1v) is 9.20. The Labute approximate surface area is 165 Å². The number of rotatable bonds is 3. The Morgan fingerprint density at radius 3 is 2.48 bits per heavy atom. The molecule has 3 heterocycles. The van der Waals surface area contributed by atoms with Gasteiger partial charge in [-0.15, -0.1) is 0 Å². The summed E-state index contributed by atoms with van der Waals surface area (Å²) in [6.07, 6.45) is 3.03. The maximum absolute atomic E-state index is 12.7. The SMILES string of the molecule is CC(c1oc(=O)c2ccccc2c1-c1ccccc1)n1ncc2c(N)ncnc21. The van der Waals surface area contributed by atoms with Crippen molar-refractivity contribution < 1.29 is 4.42 Å². The lowest BCUT2D eigenvalue weighted by Crippen LogP contribution is -2.14. The predicted molar refractivity (Wildman–Crippen MR) is 111 cm³/mol. The second-order valence-corrected chi connectivity index (χ2v) is 6.80. The van der Waals surface area contributed by atoms with Gasteiger partial charge in [0.25, 0.3) is 0 Å². The lowest BCUT2D eigenvalue weighted by Gasteiger charge is -2.18. The highest BCUT2D eigenvalue weighted by Crippen LogP contribution is 2.35. The summed E-state index contributed by atoms with van der Waals surface area (Å²) in [5.41, 5.74) is 7.97. The van der Waals surface area contributed by atoms with E-state index in [1.165, 1.54) is 6.33 Å². The highest BCUT2D eigenvalue weighted by atomic mass is 16.4. The fourth-order valence-electron chi connectivity index (χ4n) is 3.69. The summed E-state index contributed by atoms with van der Waals surface area (Å²) in [7, 11) is 0. The van der Waals surface area contributed by atoms with Crippen molar-refractivity contribution in [3.05, 3.63) is 83.3 Å². The van der Waals surface area contributed by atoms with E-state index in [1.54, 1.807) is 16.9 Å². The summed E-state index contributed by atoms with van der Waals surface area (Å²) < 4.78 is 7.55. The van der Waals surface area contributed by atoms with Gasteiger partial charge in [0.1, 0.15) is 23.9 Å². The van der Waals surface area contributed by atoms with Crippen molar-refractivity contribution in [2.45, 2.75) is 13.0 Å². The van der Waals surface area contributed by atoms with E-state index in [0.717, 1.165) is 16.5 Å². The number of nitrogens with zero attached hydrogens (tertiary/aromatic N) is 4. The fourth-order valence-corrected chi connectivity index (χ4v) is 3.69. The third kappa shape index (κ3) is 2.67. The average molecular weight is 383 g/mol. The highest BCUT2D eigenvalue weighted by molar-refractivity contribution is 5.96. The van der Waals surface area contributed by atoms with E-state index >= 15 is 0 Å². The zero-order valence-electron chi connectivity index (χ0n) is 15.6. The summed E-state index contributed by atoms with van der Waals surface area (Å²) in [5.74, 6) is 0.874. The molecule has 0 aliphatic carbocycles. The van der Waals surface area contributed by atoms with Crippen LogP contribution >= 0.6 is 0 Å². The van der Waals surface area contributed by atoms with Gasteiger partial charge in [0.2, 0.25) is 0 Å². The van der Waals surface area contributed by atoms with Crippen molar-refractivity contribution in [1.82, 2.24) is 19.7 Å². The van der Waals surface area contributed by atoms with Crippen molar-refractivity contribution >= 4 is 27.6 Å². The minimum Gasteiger partial charge on any atom is -0.424 e. The van der Waals surface area contributed by atoms with E-state index < -0.39 is 6.04 Å². The molecule has 142 valence electrons. The van der Waals surface area contributed by atoms with Crippen molar-refractivity contribution in [3.63, 3.8) is 0 Å². The summed E-state index contributed by atoms with van der Waals surface area (Å²) in [6, 6.07) is 16.9. The summed E-state index contributed by atoms with van der Waals surface area (Å²) in [6.45, 7) is 1.92. The zero-order valence-corrected chi connectivity index (χ0v) is 15.6. The molecular formula is C22H17N5O2. The molecule has 2 aromatic carbocycles. The summed E-state index contributed by atoms with van der Waals surface area (Å²) in [5, 5.41) is 6.48. The van der Waals surface area contributed by atoms with Crippen molar-refractivity contribution in [2.24, 2.45) is 0 Å². The average Bonchev–Trinajstić information content (AvgIpc) is 3.19. The van der Waals surface area contributed by atoms with Crippen molar-refractivity contribution in [3.8, 4) is 11.1 Å². The van der Waals surface area contributed by atoms with Crippen LogP contribution in [0.2, 0.25) is 0 Å². The Kier molecular flexibility index (Phi) is 3.87. The van der Waals surface area contributed by atoms with Gasteiger partial charge in [-0.3, -0.25) is 0 Å². The van der Waals surface area contributed by atoms with E-state index in [1.807, 2.05) is 55.5 Å². The normalized spacial score (nSPS) is 12.4. The molecule has 5 rings (SSSR count). The minimum atomic E-state index is -0.394. The van der Waals surface area contributed by atoms with Gasteiger partial charge >= 0.3 is 5.63 Å². The van der Waals surface area contributed by atoms with Crippen LogP contribution in [0.4, 0.5) is 5.82 Å². The Bertz CT molecular complexity index is 1410. The lowest BCUT2D eigenvalue weighted by atomic mass is 9.96. The molecule has 3 aromatic heterocycles. The van der Waals surface area contributed by atoms with E-state index in [9.17, 15) is 4.79 Å². The molecule has 0 aliphatic rings. The maximum Gasteiger partial charge on any atom is 0.343 e. The molecule has 2 N–H and O–H groups in total. The van der Waals surface area contributed by atoms with Gasteiger partial charge in [0.05, 0.1) is 17.0 Å². The Morgan fingerprint density at radius 2 is 1.69 bits per heavy atom. The van der Waals surface area contributed by atoms with Crippen LogP contribution in [-0.2, 0) is 0 Å². The fraction of sp³-hybridized carbons (Fsp3) is 0.0909. The van der Waals surface area contributed by atoms with E-state index in [2.05, 4.69) is 15.1 Å². The van der Waals surface area contributed by atoms with Crippen LogP contribution < -0.4 is 11.4 Å². The molecule has 0 spiro atoms. The number of nitrogens with two attached hydrogens (primary N) is 1. The first kappa shape index (κ1) is 17.1. The van der Waals surface area contributed by atoms with Crippen LogP contribution in [0.25, 0.3) is 32.9 Å². The van der Waals surface area contributed by atoms with Crippen LogP contribution in [0.1, 0.15) is 18.7 Å². The molecule has 0 bridgehead atoms. The van der Waals surface area contributed by atoms with Crippen LogP contribution in [-0.4, -0.2) is 19.7 Å². The summed E-state index contributed by atoms with van der Waals surface area (Å²) in [4.78, 5) is 21.1. The second kappa shape index (κ2) is 6.56. The molecule has 7 heteroatoms. The molecule has 0 amide bonds. The van der Waals surface area contributed by atoms with E-state index in [4.69, 9.17) is 10.2 Å². The molecular weight excluding hydrogens is 366 g/mol. The number of aromatic nitrogens is 4. The standard InChI is InChI=1S/C22H17N5O2/c1-13(27-21-17(11-26-27)20(23)24-12-25-21)19-18(14-7-3-2-4-8-14)15-9-5-6-10-16(15)22(28)29-19/h2-13H,1H3,(H2,23,24,25). The Hall–Kier alpha value is -4.00. The van der Waals surface area contributed by atoms with Gasteiger partial charge in [-0.1, -0.05) is 48.5 Å². The zero-order chi connectivity index (χ0) is 20.0. The smallest absolute Gasteiger partial charge is 0.343 e. The maximum atomic E-state index is 12.7. The van der Waals surface area contributed by atoms with Crippen molar-refractivity contribution in [2.75, 3.05) is 5.73 Å². The second-order valence-electron chi connectivity index (χ2n) is 6.80. The summed E-state index contributed by atoms with van der Waals surface area (Å²) >= 11 is 0. The van der Waals surface area contributed by atoms with Gasteiger partial charge < -0.3 is 10.2 Å². The largest absolute Gasteiger partial charge is 0.424 e. The number of nitrogen functional groups attached to an aromatic ring is 1. The quantitative estimate of drug-likeness (QED) is 0.509. The predicted octanol–water partition coefficient (Wildman–Crippen LogP) is 3.79. The molecule has 0 fully saturated rings. The highest BCUT2D eigenvalue weighted by Gasteiger charge is 2.23. The monoisotopic (exact) mass is 383 g/mol. The number of hydrogen-bond donors (Lipinski definition) is 1. The van der Waals surface area contributed by atoms with Gasteiger partial charge in [-0.25, -0.2) is 19.4 Å². The van der Waals surface area contributed by atoms with Crippen LogP contribution in [0.3, 0.4) is 0 Å². The third-order valence-electron chi connectivity index (χ3n) is 5.10. The molecule has 1 atom stereocenters. The number of fused-ring (bicyclic) bond motifs is 2. The first-order chi connectivity index (χ1) is 14.1. The van der Waals surface area contributed by atoms with Gasteiger partial charge in [0, 0.05) is 10.9 Å². The van der Waals surface area contributed by atoms with Crippen LogP contribution in [0, 0.1) is 0 Å². The van der Waals surface area contributed by atoms with Crippen LogP contribution in [0.5, 0.6) is 0 Å². The minimum absolute atomic E-state index is 0.358. The first-order valence-electron chi connectivity index (χ1n) is 9.20. The number of hydrogen-bond acceptors (Lipinski definition) is 6. The van der Waals surface area contributed by atoms with E-state index in [-0.39, 0.29) is 5.63 Å². The van der Waals surface area contributed by atoms with Crippen LogP contribution in [0.15, 0.2) is 76.3 Å². The van der Waals surface area contributed by atoms with Crippen molar-refractivity contribution in [1.29, 1.82) is 0 Å².